The van der Waals surface area contributed by atoms with Crippen molar-refractivity contribution < 1.29 is 27.2 Å². The summed E-state index contributed by atoms with van der Waals surface area (Å²) in [4.78, 5) is 14.5. The maximum absolute atomic E-state index is 12.6. The number of nitrogens with zero attached hydrogens (tertiary/aromatic N) is 2. The van der Waals surface area contributed by atoms with Crippen LogP contribution in [-0.4, -0.2) is 34.4 Å². The average Bonchev–Trinajstić information content (AvgIpc) is 3.17. The molecule has 1 aliphatic heterocycles. The second-order valence-electron chi connectivity index (χ2n) is 6.68. The number of amides is 1. The molecule has 1 unspecified atom stereocenters. The molecule has 1 aromatic heterocycles. The number of hydrogen-bond donors (Lipinski definition) is 0. The maximum Gasteiger partial charge on any atom is 0.573 e. The zero-order valence-corrected chi connectivity index (χ0v) is 14.3. The summed E-state index contributed by atoms with van der Waals surface area (Å²) < 4.78 is 45.4. The summed E-state index contributed by atoms with van der Waals surface area (Å²) in [5.41, 5.74) is 1.05. The summed E-state index contributed by atoms with van der Waals surface area (Å²) in [6.07, 6.45) is -0.831. The van der Waals surface area contributed by atoms with E-state index < -0.39 is 6.36 Å². The fourth-order valence-electron chi connectivity index (χ4n) is 3.46. The summed E-state index contributed by atoms with van der Waals surface area (Å²) in [5, 5.41) is 3.77. The first-order valence-corrected chi connectivity index (χ1v) is 8.30. The third-order valence-electron chi connectivity index (χ3n) is 4.62. The van der Waals surface area contributed by atoms with Crippen molar-refractivity contribution in [2.45, 2.75) is 44.5 Å². The zero-order valence-electron chi connectivity index (χ0n) is 14.3. The molecular weight excluding hydrogens is 349 g/mol. The van der Waals surface area contributed by atoms with E-state index >= 15 is 0 Å². The van der Waals surface area contributed by atoms with Gasteiger partial charge in [-0.3, -0.25) is 4.79 Å². The van der Waals surface area contributed by atoms with Gasteiger partial charge in [-0.05, 0) is 43.9 Å². The van der Waals surface area contributed by atoms with Gasteiger partial charge < -0.3 is 14.2 Å². The first kappa shape index (κ1) is 18.3. The quantitative estimate of drug-likeness (QED) is 0.807. The molecule has 1 atom stereocenters. The molecule has 0 spiro atoms. The van der Waals surface area contributed by atoms with E-state index in [-0.39, 0.29) is 23.6 Å². The van der Waals surface area contributed by atoms with Crippen molar-refractivity contribution in [3.63, 3.8) is 0 Å². The molecule has 0 saturated carbocycles. The minimum absolute atomic E-state index is 0.0316. The van der Waals surface area contributed by atoms with Crippen molar-refractivity contribution in [1.29, 1.82) is 0 Å². The Balaban J connectivity index is 1.67. The van der Waals surface area contributed by atoms with Crippen LogP contribution in [0.5, 0.6) is 5.75 Å². The third kappa shape index (κ3) is 4.36. The number of aromatic nitrogens is 1. The summed E-state index contributed by atoms with van der Waals surface area (Å²) in [5.74, 6) is -0.285. The molecule has 0 N–H and O–H groups in total. The number of likely N-dealkylation sites (tertiary alicyclic amines) is 1. The van der Waals surface area contributed by atoms with Crippen molar-refractivity contribution in [3.8, 4) is 5.75 Å². The fourth-order valence-corrected chi connectivity index (χ4v) is 3.46. The Morgan fingerprint density at radius 1 is 1.31 bits per heavy atom. The smallest absolute Gasteiger partial charge is 0.406 e. The number of carbonyl (C=O) groups excluding carboxylic acids is 1. The van der Waals surface area contributed by atoms with E-state index in [4.69, 9.17) is 4.52 Å². The summed E-state index contributed by atoms with van der Waals surface area (Å²) in [6, 6.07) is 7.45. The number of rotatable bonds is 5. The minimum Gasteiger partial charge on any atom is -0.406 e. The maximum atomic E-state index is 12.6. The second-order valence-corrected chi connectivity index (χ2v) is 6.68. The van der Waals surface area contributed by atoms with Crippen LogP contribution in [0.15, 0.2) is 41.1 Å². The molecule has 2 aromatic rings. The third-order valence-corrected chi connectivity index (χ3v) is 4.62. The highest BCUT2D eigenvalue weighted by atomic mass is 19.4. The number of ether oxygens (including phenoxy) is 1. The van der Waals surface area contributed by atoms with E-state index in [1.165, 1.54) is 18.4 Å². The molecule has 0 aliphatic carbocycles. The Morgan fingerprint density at radius 3 is 2.65 bits per heavy atom. The molecule has 26 heavy (non-hydrogen) atoms. The Bertz CT molecular complexity index is 744. The number of hydrogen-bond acceptors (Lipinski definition) is 4. The SMILES string of the molecule is CC1(Cc2ccc(OC(F)(F)F)cc2)CCCN1C(=O)Cc1ccon1. The van der Waals surface area contributed by atoms with Crippen molar-refractivity contribution in [2.75, 3.05) is 6.54 Å². The largest absolute Gasteiger partial charge is 0.573 e. The van der Waals surface area contributed by atoms with Gasteiger partial charge in [0.15, 0.2) is 0 Å². The van der Waals surface area contributed by atoms with Crippen molar-refractivity contribution in [2.24, 2.45) is 0 Å². The standard InChI is InChI=1S/C18H19F3N2O3/c1-17(12-13-3-5-15(6-4-13)26-18(19,20)21)8-2-9-23(17)16(24)11-14-7-10-25-22-14/h3-7,10H,2,8-9,11-12H2,1H3. The highest BCUT2D eigenvalue weighted by Crippen LogP contribution is 2.33. The van der Waals surface area contributed by atoms with E-state index in [2.05, 4.69) is 9.89 Å². The fraction of sp³-hybridized carbons (Fsp3) is 0.444. The molecule has 2 heterocycles. The summed E-state index contributed by atoms with van der Waals surface area (Å²) >= 11 is 0. The van der Waals surface area contributed by atoms with Gasteiger partial charge in [0.05, 0.1) is 12.1 Å². The minimum atomic E-state index is -4.71. The highest BCUT2D eigenvalue weighted by Gasteiger charge is 2.39. The van der Waals surface area contributed by atoms with E-state index in [9.17, 15) is 18.0 Å². The lowest BCUT2D eigenvalue weighted by molar-refractivity contribution is -0.274. The van der Waals surface area contributed by atoms with Crippen LogP contribution in [0, 0.1) is 0 Å². The van der Waals surface area contributed by atoms with Crippen LogP contribution in [0.4, 0.5) is 13.2 Å². The number of benzene rings is 1. The van der Waals surface area contributed by atoms with Crippen LogP contribution < -0.4 is 4.74 Å². The van der Waals surface area contributed by atoms with E-state index in [0.29, 0.717) is 18.7 Å². The summed E-state index contributed by atoms with van der Waals surface area (Å²) in [6.45, 7) is 2.66. The Hall–Kier alpha value is -2.51. The molecule has 0 radical (unpaired) electrons. The lowest BCUT2D eigenvalue weighted by Crippen LogP contribution is -2.47. The molecule has 1 saturated heterocycles. The molecule has 3 rings (SSSR count). The van der Waals surface area contributed by atoms with E-state index in [1.807, 2.05) is 11.8 Å². The molecule has 140 valence electrons. The first-order chi connectivity index (χ1) is 12.3. The summed E-state index contributed by atoms with van der Waals surface area (Å²) in [7, 11) is 0. The number of carbonyl (C=O) groups is 1. The van der Waals surface area contributed by atoms with Crippen LogP contribution in [0.3, 0.4) is 0 Å². The van der Waals surface area contributed by atoms with Gasteiger partial charge in [0.25, 0.3) is 0 Å². The molecule has 1 aromatic carbocycles. The molecule has 1 aliphatic rings. The molecule has 8 heteroatoms. The molecule has 5 nitrogen and oxygen atoms in total. The second kappa shape index (κ2) is 7.01. The van der Waals surface area contributed by atoms with Gasteiger partial charge in [0, 0.05) is 18.2 Å². The zero-order chi connectivity index (χ0) is 18.8. The van der Waals surface area contributed by atoms with Crippen molar-refractivity contribution in [3.05, 3.63) is 47.9 Å². The van der Waals surface area contributed by atoms with Gasteiger partial charge in [-0.25, -0.2) is 0 Å². The highest BCUT2D eigenvalue weighted by molar-refractivity contribution is 5.79. The van der Waals surface area contributed by atoms with Crippen LogP contribution in [-0.2, 0) is 17.6 Å². The molecule has 1 fully saturated rings. The van der Waals surface area contributed by atoms with Crippen molar-refractivity contribution in [1.82, 2.24) is 10.1 Å². The monoisotopic (exact) mass is 368 g/mol. The Labute approximate surface area is 148 Å². The average molecular weight is 368 g/mol. The van der Waals surface area contributed by atoms with Crippen LogP contribution >= 0.6 is 0 Å². The van der Waals surface area contributed by atoms with Gasteiger partial charge in [-0.1, -0.05) is 17.3 Å². The van der Waals surface area contributed by atoms with Gasteiger partial charge in [-0.15, -0.1) is 13.2 Å². The topological polar surface area (TPSA) is 55.6 Å². The molecule has 1 amide bonds. The number of alkyl halides is 3. The van der Waals surface area contributed by atoms with Gasteiger partial charge in [0.2, 0.25) is 5.91 Å². The van der Waals surface area contributed by atoms with Crippen molar-refractivity contribution >= 4 is 5.91 Å². The van der Waals surface area contributed by atoms with Gasteiger partial charge in [-0.2, -0.15) is 0 Å². The lowest BCUT2D eigenvalue weighted by Gasteiger charge is -2.35. The van der Waals surface area contributed by atoms with Crippen LogP contribution in [0.2, 0.25) is 0 Å². The van der Waals surface area contributed by atoms with Crippen LogP contribution in [0.25, 0.3) is 0 Å². The Morgan fingerprint density at radius 2 is 2.04 bits per heavy atom. The predicted molar refractivity (Wildman–Crippen MR) is 86.4 cm³/mol. The van der Waals surface area contributed by atoms with Gasteiger partial charge in [0.1, 0.15) is 12.0 Å². The number of halogens is 3. The Kier molecular flexibility index (Phi) is 4.93. The lowest BCUT2D eigenvalue weighted by atomic mass is 9.90. The molecule has 0 bridgehead atoms. The molecular formula is C18H19F3N2O3. The van der Waals surface area contributed by atoms with E-state index in [1.54, 1.807) is 18.2 Å². The first-order valence-electron chi connectivity index (χ1n) is 8.30. The van der Waals surface area contributed by atoms with Crippen LogP contribution in [0.1, 0.15) is 31.0 Å². The normalized spacial score (nSPS) is 20.4. The van der Waals surface area contributed by atoms with E-state index in [0.717, 1.165) is 18.4 Å². The van der Waals surface area contributed by atoms with Gasteiger partial charge >= 0.3 is 6.36 Å². The predicted octanol–water partition coefficient (Wildman–Crippen LogP) is 3.74.